The predicted molar refractivity (Wildman–Crippen MR) is 98.1 cm³/mol. The van der Waals surface area contributed by atoms with Crippen LogP contribution in [-0.4, -0.2) is 40.9 Å². The van der Waals surface area contributed by atoms with Crippen LogP contribution in [0.2, 0.25) is 0 Å². The summed E-state index contributed by atoms with van der Waals surface area (Å²) in [4.78, 5) is 14.9. The Morgan fingerprint density at radius 2 is 1.93 bits per heavy atom. The molecule has 0 spiro atoms. The Kier molecular flexibility index (Phi) is 5.17. The number of alkyl halides is 3. The summed E-state index contributed by atoms with van der Waals surface area (Å²) >= 11 is 1.60. The first-order chi connectivity index (χ1) is 12.9. The lowest BCUT2D eigenvalue weighted by molar-refractivity contribution is -0.134. The fourth-order valence-corrected chi connectivity index (χ4v) is 5.15. The van der Waals surface area contributed by atoms with Crippen LogP contribution in [0.4, 0.5) is 13.2 Å². The number of amides is 1. The van der Waals surface area contributed by atoms with E-state index in [1.54, 1.807) is 24.3 Å². The molecule has 4 nitrogen and oxygen atoms in total. The number of nitrogens with one attached hydrogen (secondary N) is 1. The van der Waals surface area contributed by atoms with E-state index in [9.17, 15) is 18.0 Å². The quantitative estimate of drug-likeness (QED) is 0.819. The van der Waals surface area contributed by atoms with E-state index < -0.39 is 11.1 Å². The molecule has 2 bridgehead atoms. The van der Waals surface area contributed by atoms with Gasteiger partial charge in [0, 0.05) is 23.0 Å². The summed E-state index contributed by atoms with van der Waals surface area (Å²) in [6, 6.07) is 8.13. The van der Waals surface area contributed by atoms with Crippen molar-refractivity contribution >= 4 is 29.2 Å². The highest BCUT2D eigenvalue weighted by Crippen LogP contribution is 2.37. The fourth-order valence-electron chi connectivity index (χ4n) is 3.62. The van der Waals surface area contributed by atoms with Crippen molar-refractivity contribution < 1.29 is 18.0 Å². The number of rotatable bonds is 4. The maximum Gasteiger partial charge on any atom is 0.427 e. The van der Waals surface area contributed by atoms with Gasteiger partial charge in [-0.3, -0.25) is 4.79 Å². The minimum atomic E-state index is -4.37. The number of benzene rings is 1. The van der Waals surface area contributed by atoms with E-state index in [-0.39, 0.29) is 11.9 Å². The van der Waals surface area contributed by atoms with Gasteiger partial charge in [0.15, 0.2) is 0 Å². The Bertz CT molecular complexity index is 814. The Morgan fingerprint density at radius 1 is 1.22 bits per heavy atom. The third kappa shape index (κ3) is 4.30. The predicted octanol–water partition coefficient (Wildman–Crippen LogP) is 4.14. The van der Waals surface area contributed by atoms with Crippen LogP contribution in [0.3, 0.4) is 0 Å². The van der Waals surface area contributed by atoms with E-state index >= 15 is 0 Å². The number of hydrogen-bond acceptors (Lipinski definition) is 5. The number of aromatic nitrogens is 1. The van der Waals surface area contributed by atoms with Crippen molar-refractivity contribution in [1.29, 1.82) is 0 Å². The number of carbonyl (C=O) groups is 1. The number of hydrogen-bond donors (Lipinski definition) is 1. The number of piperidine rings is 3. The zero-order chi connectivity index (χ0) is 19.0. The first kappa shape index (κ1) is 18.8. The van der Waals surface area contributed by atoms with Crippen molar-refractivity contribution in [2.45, 2.75) is 35.0 Å². The molecular weight excluding hydrogens is 395 g/mol. The largest absolute Gasteiger partial charge is 0.427 e. The van der Waals surface area contributed by atoms with E-state index in [1.165, 1.54) is 0 Å². The van der Waals surface area contributed by atoms with Gasteiger partial charge in [-0.25, -0.2) is 0 Å². The van der Waals surface area contributed by atoms with Gasteiger partial charge >= 0.3 is 6.18 Å². The molecule has 1 atom stereocenters. The normalized spacial score (nSPS) is 24.8. The molecule has 0 saturated carbocycles. The molecule has 3 aliphatic heterocycles. The third-order valence-corrected chi connectivity index (χ3v) is 6.96. The van der Waals surface area contributed by atoms with Crippen LogP contribution in [0.25, 0.3) is 0 Å². The molecule has 0 radical (unpaired) electrons. The molecule has 3 saturated heterocycles. The molecule has 1 aromatic carbocycles. The summed E-state index contributed by atoms with van der Waals surface area (Å²) in [6.45, 7) is 3.15. The molecule has 1 aromatic heterocycles. The molecule has 3 fully saturated rings. The maximum absolute atomic E-state index is 12.6. The van der Waals surface area contributed by atoms with E-state index in [2.05, 4.69) is 14.6 Å². The number of carbonyl (C=O) groups excluding carboxylic acids is 1. The van der Waals surface area contributed by atoms with Gasteiger partial charge in [-0.2, -0.15) is 17.5 Å². The highest BCUT2D eigenvalue weighted by molar-refractivity contribution is 7.99. The SMILES string of the molecule is O=C(NC1CN2CCC1CC2)c1ccc(Sc2cc(C(F)(F)F)sn2)cc1. The van der Waals surface area contributed by atoms with Gasteiger partial charge in [-0.15, -0.1) is 0 Å². The summed E-state index contributed by atoms with van der Waals surface area (Å²) < 4.78 is 41.8. The molecule has 1 N–H and O–H groups in total. The molecule has 0 aliphatic carbocycles. The van der Waals surface area contributed by atoms with Crippen LogP contribution in [0.5, 0.6) is 0 Å². The van der Waals surface area contributed by atoms with Gasteiger partial charge in [0.05, 0.1) is 0 Å². The molecule has 3 aliphatic rings. The minimum Gasteiger partial charge on any atom is -0.348 e. The summed E-state index contributed by atoms with van der Waals surface area (Å²) in [7, 11) is 0. The summed E-state index contributed by atoms with van der Waals surface area (Å²) in [5.41, 5.74) is 0.560. The highest BCUT2D eigenvalue weighted by Gasteiger charge is 2.35. The molecule has 2 aromatic rings. The van der Waals surface area contributed by atoms with Crippen LogP contribution < -0.4 is 5.32 Å². The molecule has 9 heteroatoms. The second kappa shape index (κ2) is 7.44. The standard InChI is InChI=1S/C18H18F3N3OS2/c19-18(20,21)15-9-16(23-27-15)26-13-3-1-12(2-4-13)17(25)22-14-10-24-7-5-11(14)6-8-24/h1-4,9,11,14H,5-8,10H2,(H,22,25). The van der Waals surface area contributed by atoms with Crippen LogP contribution in [0, 0.1) is 5.92 Å². The van der Waals surface area contributed by atoms with Gasteiger partial charge < -0.3 is 10.2 Å². The van der Waals surface area contributed by atoms with Crippen LogP contribution >= 0.6 is 23.3 Å². The van der Waals surface area contributed by atoms with Crippen LogP contribution in [0.15, 0.2) is 40.3 Å². The van der Waals surface area contributed by atoms with Gasteiger partial charge in [0.25, 0.3) is 5.91 Å². The minimum absolute atomic E-state index is 0.0988. The van der Waals surface area contributed by atoms with Crippen LogP contribution in [0.1, 0.15) is 28.1 Å². The lowest BCUT2D eigenvalue weighted by Gasteiger charge is -2.44. The Balaban J connectivity index is 1.37. The number of nitrogens with zero attached hydrogens (tertiary/aromatic N) is 2. The molecule has 27 heavy (non-hydrogen) atoms. The zero-order valence-corrected chi connectivity index (χ0v) is 16.0. The average molecular weight is 413 g/mol. The number of halogens is 3. The highest BCUT2D eigenvalue weighted by atomic mass is 32.2. The first-order valence-electron chi connectivity index (χ1n) is 8.73. The lowest BCUT2D eigenvalue weighted by atomic mass is 9.84. The summed E-state index contributed by atoms with van der Waals surface area (Å²) in [6.07, 6.45) is -2.10. The smallest absolute Gasteiger partial charge is 0.348 e. The number of fused-ring (bicyclic) bond motifs is 3. The lowest BCUT2D eigenvalue weighted by Crippen LogP contribution is -2.57. The molecule has 1 amide bonds. The van der Waals surface area contributed by atoms with E-state index in [0.717, 1.165) is 55.2 Å². The first-order valence-corrected chi connectivity index (χ1v) is 10.3. The van der Waals surface area contributed by atoms with Gasteiger partial charge in [-0.05, 0) is 73.7 Å². The second-order valence-electron chi connectivity index (χ2n) is 6.87. The van der Waals surface area contributed by atoms with E-state index in [4.69, 9.17) is 0 Å². The Hall–Kier alpha value is -1.58. The van der Waals surface area contributed by atoms with E-state index in [0.29, 0.717) is 28.0 Å². The Labute approximate surface area is 163 Å². The monoisotopic (exact) mass is 413 g/mol. The van der Waals surface area contributed by atoms with Crippen LogP contribution in [-0.2, 0) is 6.18 Å². The fraction of sp³-hybridized carbons (Fsp3) is 0.444. The average Bonchev–Trinajstić information content (AvgIpc) is 3.12. The third-order valence-electron chi connectivity index (χ3n) is 5.08. The van der Waals surface area contributed by atoms with Crippen molar-refractivity contribution in [3.05, 3.63) is 40.8 Å². The molecule has 144 valence electrons. The van der Waals surface area contributed by atoms with E-state index in [1.807, 2.05) is 0 Å². The van der Waals surface area contributed by atoms with Gasteiger partial charge in [-0.1, -0.05) is 11.8 Å². The van der Waals surface area contributed by atoms with Crippen molar-refractivity contribution in [2.24, 2.45) is 5.92 Å². The van der Waals surface area contributed by atoms with Gasteiger partial charge in [0.1, 0.15) is 9.90 Å². The van der Waals surface area contributed by atoms with Gasteiger partial charge in [0.2, 0.25) is 0 Å². The second-order valence-corrected chi connectivity index (χ2v) is 8.77. The molecule has 1 unspecified atom stereocenters. The maximum atomic E-state index is 12.6. The van der Waals surface area contributed by atoms with Crippen molar-refractivity contribution in [3.63, 3.8) is 0 Å². The van der Waals surface area contributed by atoms with Crippen molar-refractivity contribution in [2.75, 3.05) is 19.6 Å². The topological polar surface area (TPSA) is 45.2 Å². The Morgan fingerprint density at radius 3 is 2.48 bits per heavy atom. The molecule has 5 rings (SSSR count). The molecular formula is C18H18F3N3OS2. The van der Waals surface area contributed by atoms with Crippen molar-refractivity contribution in [1.82, 2.24) is 14.6 Å². The summed E-state index contributed by atoms with van der Waals surface area (Å²) in [5, 5.41) is 3.44. The molecule has 4 heterocycles. The van der Waals surface area contributed by atoms with Crippen molar-refractivity contribution in [3.8, 4) is 0 Å². The zero-order valence-electron chi connectivity index (χ0n) is 14.3. The summed E-state index contributed by atoms with van der Waals surface area (Å²) in [5.74, 6) is 0.458.